The van der Waals surface area contributed by atoms with Gasteiger partial charge >= 0.3 is 5.97 Å². The van der Waals surface area contributed by atoms with Gasteiger partial charge in [-0.15, -0.1) is 0 Å². The molecular formula is C28H32F2N2O3. The number of ether oxygens (including phenoxy) is 1. The van der Waals surface area contributed by atoms with E-state index >= 15 is 0 Å². The van der Waals surface area contributed by atoms with E-state index in [1.165, 1.54) is 12.1 Å². The monoisotopic (exact) mass is 482 g/mol. The highest BCUT2D eigenvalue weighted by atomic mass is 19.2. The molecule has 0 unspecified atom stereocenters. The number of carboxylic acid groups (broad SMARTS) is 1. The lowest BCUT2D eigenvalue weighted by atomic mass is 9.82. The minimum Gasteiger partial charge on any atom is -0.480 e. The van der Waals surface area contributed by atoms with E-state index in [9.17, 15) is 13.6 Å². The second kappa shape index (κ2) is 11.6. The van der Waals surface area contributed by atoms with Gasteiger partial charge in [0.25, 0.3) is 0 Å². The SMILES string of the molecule is CCCc1nn(CC2CCC(COCC(=O)O)CC2)c(-c2ccc(F)c(F)c2)c1-c1ccccc1. The van der Waals surface area contributed by atoms with Crippen LogP contribution in [0.3, 0.4) is 0 Å². The van der Waals surface area contributed by atoms with Gasteiger partial charge in [0.15, 0.2) is 11.6 Å². The molecule has 186 valence electrons. The number of aryl methyl sites for hydroxylation is 1. The number of hydrogen-bond acceptors (Lipinski definition) is 3. The molecule has 0 aliphatic heterocycles. The molecule has 35 heavy (non-hydrogen) atoms. The van der Waals surface area contributed by atoms with Gasteiger partial charge in [0.05, 0.1) is 18.0 Å². The molecule has 0 amide bonds. The van der Waals surface area contributed by atoms with Crippen LogP contribution in [0.25, 0.3) is 22.4 Å². The highest BCUT2D eigenvalue weighted by Crippen LogP contribution is 2.38. The summed E-state index contributed by atoms with van der Waals surface area (Å²) >= 11 is 0. The van der Waals surface area contributed by atoms with Crippen LogP contribution in [-0.2, 0) is 22.5 Å². The molecule has 1 N–H and O–H groups in total. The molecule has 1 heterocycles. The Bertz CT molecular complexity index is 1140. The molecule has 1 fully saturated rings. The Morgan fingerprint density at radius 1 is 1.03 bits per heavy atom. The molecule has 0 spiro atoms. The molecule has 1 saturated carbocycles. The maximum atomic E-state index is 14.3. The smallest absolute Gasteiger partial charge is 0.329 e. The van der Waals surface area contributed by atoms with E-state index in [4.69, 9.17) is 14.9 Å². The van der Waals surface area contributed by atoms with Gasteiger partial charge in [-0.25, -0.2) is 13.6 Å². The summed E-state index contributed by atoms with van der Waals surface area (Å²) in [5.41, 5.74) is 4.41. The fourth-order valence-corrected chi connectivity index (χ4v) is 5.04. The van der Waals surface area contributed by atoms with Crippen LogP contribution in [0.2, 0.25) is 0 Å². The van der Waals surface area contributed by atoms with Crippen molar-refractivity contribution >= 4 is 5.97 Å². The Kier molecular flexibility index (Phi) is 8.29. The third kappa shape index (κ3) is 6.14. The van der Waals surface area contributed by atoms with Crippen molar-refractivity contribution in [3.8, 4) is 22.4 Å². The molecule has 0 saturated heterocycles. The Balaban J connectivity index is 1.63. The van der Waals surface area contributed by atoms with Gasteiger partial charge in [-0.05, 0) is 67.7 Å². The molecule has 0 radical (unpaired) electrons. The minimum absolute atomic E-state index is 0.257. The van der Waals surface area contributed by atoms with E-state index in [2.05, 4.69) is 6.92 Å². The van der Waals surface area contributed by atoms with Crippen LogP contribution in [0.4, 0.5) is 8.78 Å². The summed E-state index contributed by atoms with van der Waals surface area (Å²) in [5, 5.41) is 13.8. The summed E-state index contributed by atoms with van der Waals surface area (Å²) in [6.07, 6.45) is 5.64. The van der Waals surface area contributed by atoms with Crippen LogP contribution < -0.4 is 0 Å². The average molecular weight is 483 g/mol. The van der Waals surface area contributed by atoms with Crippen molar-refractivity contribution in [2.75, 3.05) is 13.2 Å². The van der Waals surface area contributed by atoms with Crippen molar-refractivity contribution < 1.29 is 23.4 Å². The highest BCUT2D eigenvalue weighted by molar-refractivity contribution is 5.83. The van der Waals surface area contributed by atoms with Crippen LogP contribution in [0, 0.1) is 23.5 Å². The maximum Gasteiger partial charge on any atom is 0.329 e. The van der Waals surface area contributed by atoms with Crippen LogP contribution in [0.5, 0.6) is 0 Å². The molecule has 5 nitrogen and oxygen atoms in total. The van der Waals surface area contributed by atoms with Gasteiger partial charge in [-0.2, -0.15) is 5.10 Å². The van der Waals surface area contributed by atoms with E-state index in [0.717, 1.165) is 61.0 Å². The third-order valence-corrected chi connectivity index (χ3v) is 6.74. The van der Waals surface area contributed by atoms with Gasteiger partial charge in [0, 0.05) is 17.7 Å². The number of aliphatic carboxylic acids is 1. The van der Waals surface area contributed by atoms with Crippen LogP contribution in [0.15, 0.2) is 48.5 Å². The zero-order valence-electron chi connectivity index (χ0n) is 20.1. The molecule has 1 aliphatic carbocycles. The third-order valence-electron chi connectivity index (χ3n) is 6.74. The van der Waals surface area contributed by atoms with E-state index < -0.39 is 17.6 Å². The van der Waals surface area contributed by atoms with E-state index in [1.54, 1.807) is 6.07 Å². The molecule has 7 heteroatoms. The summed E-state index contributed by atoms with van der Waals surface area (Å²) < 4.78 is 35.3. The Hall–Kier alpha value is -3.06. The summed E-state index contributed by atoms with van der Waals surface area (Å²) in [4.78, 5) is 10.7. The molecule has 0 bridgehead atoms. The molecule has 1 aromatic heterocycles. The number of hydrogen-bond donors (Lipinski definition) is 1. The first-order chi connectivity index (χ1) is 17.0. The molecular weight excluding hydrogens is 450 g/mol. The lowest BCUT2D eigenvalue weighted by Crippen LogP contribution is -2.23. The lowest BCUT2D eigenvalue weighted by Gasteiger charge is -2.28. The molecule has 1 aliphatic rings. The quantitative estimate of drug-likeness (QED) is 0.365. The Morgan fingerprint density at radius 3 is 2.40 bits per heavy atom. The zero-order valence-corrected chi connectivity index (χ0v) is 20.1. The van der Waals surface area contributed by atoms with Crippen molar-refractivity contribution in [1.29, 1.82) is 0 Å². The van der Waals surface area contributed by atoms with Crippen LogP contribution in [0.1, 0.15) is 44.7 Å². The zero-order chi connectivity index (χ0) is 24.8. The first-order valence-corrected chi connectivity index (χ1v) is 12.4. The average Bonchev–Trinajstić information content (AvgIpc) is 3.20. The van der Waals surface area contributed by atoms with Gasteiger partial charge in [-0.3, -0.25) is 4.68 Å². The lowest BCUT2D eigenvalue weighted by molar-refractivity contribution is -0.142. The summed E-state index contributed by atoms with van der Waals surface area (Å²) in [5.74, 6) is -1.91. The molecule has 2 aromatic carbocycles. The van der Waals surface area contributed by atoms with Crippen molar-refractivity contribution in [2.24, 2.45) is 11.8 Å². The molecule has 4 rings (SSSR count). The van der Waals surface area contributed by atoms with Crippen molar-refractivity contribution in [3.05, 3.63) is 65.9 Å². The van der Waals surface area contributed by atoms with Gasteiger partial charge in [0.1, 0.15) is 6.61 Å². The Labute approximate surface area is 204 Å². The largest absolute Gasteiger partial charge is 0.480 e. The predicted molar refractivity (Wildman–Crippen MR) is 131 cm³/mol. The van der Waals surface area contributed by atoms with Crippen molar-refractivity contribution in [2.45, 2.75) is 52.0 Å². The molecule has 3 aromatic rings. The fourth-order valence-electron chi connectivity index (χ4n) is 5.04. The van der Waals surface area contributed by atoms with E-state index in [0.29, 0.717) is 30.6 Å². The number of carbonyl (C=O) groups is 1. The van der Waals surface area contributed by atoms with Crippen molar-refractivity contribution in [1.82, 2.24) is 9.78 Å². The van der Waals surface area contributed by atoms with E-state index in [1.807, 2.05) is 35.0 Å². The summed E-state index contributed by atoms with van der Waals surface area (Å²) in [7, 11) is 0. The predicted octanol–water partition coefficient (Wildman–Crippen LogP) is 6.36. The Morgan fingerprint density at radius 2 is 1.74 bits per heavy atom. The van der Waals surface area contributed by atoms with Crippen LogP contribution >= 0.6 is 0 Å². The number of aromatic nitrogens is 2. The van der Waals surface area contributed by atoms with Gasteiger partial charge in [-0.1, -0.05) is 43.7 Å². The second-order valence-corrected chi connectivity index (χ2v) is 9.39. The maximum absolute atomic E-state index is 14.3. The summed E-state index contributed by atoms with van der Waals surface area (Å²) in [6.45, 7) is 3.02. The number of carboxylic acids is 1. The highest BCUT2D eigenvalue weighted by Gasteiger charge is 2.26. The fraction of sp³-hybridized carbons (Fsp3) is 0.429. The van der Waals surface area contributed by atoms with E-state index in [-0.39, 0.29) is 6.61 Å². The van der Waals surface area contributed by atoms with Gasteiger partial charge < -0.3 is 9.84 Å². The second-order valence-electron chi connectivity index (χ2n) is 9.39. The molecule has 0 atom stereocenters. The van der Waals surface area contributed by atoms with Crippen LogP contribution in [-0.4, -0.2) is 34.1 Å². The minimum atomic E-state index is -0.945. The van der Waals surface area contributed by atoms with Crippen molar-refractivity contribution in [3.63, 3.8) is 0 Å². The number of rotatable bonds is 10. The standard InChI is InChI=1S/C28H32F2N2O3/c1-2-6-25-27(21-7-4-3-5-8-21)28(22-13-14-23(29)24(30)15-22)32(31-25)16-19-9-11-20(12-10-19)17-35-18-26(33)34/h3-5,7-8,13-15,19-20H,2,6,9-12,16-18H2,1H3,(H,33,34). The first kappa shape index (κ1) is 25.0. The number of nitrogens with zero attached hydrogens (tertiary/aromatic N) is 2. The topological polar surface area (TPSA) is 64.4 Å². The van der Waals surface area contributed by atoms with Gasteiger partial charge in [0.2, 0.25) is 0 Å². The number of benzene rings is 2. The first-order valence-electron chi connectivity index (χ1n) is 12.4. The summed E-state index contributed by atoms with van der Waals surface area (Å²) in [6, 6.07) is 14.1. The normalized spacial score (nSPS) is 18.0. The number of halogens is 2.